The molecule has 0 bridgehead atoms. The molecule has 20 heavy (non-hydrogen) atoms. The van der Waals surface area contributed by atoms with E-state index in [-0.39, 0.29) is 11.1 Å². The molecule has 0 unspecified atom stereocenters. The third kappa shape index (κ3) is 4.97. The lowest BCUT2D eigenvalue weighted by atomic mass is 10.1. The summed E-state index contributed by atoms with van der Waals surface area (Å²) in [5.41, 5.74) is 0.166. The van der Waals surface area contributed by atoms with E-state index < -0.39 is 31.1 Å². The highest BCUT2D eigenvalue weighted by atomic mass is 19.4. The molecule has 0 spiro atoms. The van der Waals surface area contributed by atoms with Gasteiger partial charge in [-0.1, -0.05) is 12.1 Å². The molecule has 0 atom stereocenters. The van der Waals surface area contributed by atoms with Gasteiger partial charge < -0.3 is 10.6 Å². The molecule has 1 rings (SSSR count). The van der Waals surface area contributed by atoms with Crippen LogP contribution >= 0.6 is 0 Å². The third-order valence-electron chi connectivity index (χ3n) is 2.19. The molecule has 106 valence electrons. The van der Waals surface area contributed by atoms with Crippen molar-refractivity contribution >= 4 is 11.8 Å². The van der Waals surface area contributed by atoms with Crippen LogP contribution in [0.4, 0.5) is 13.2 Å². The fourth-order valence-corrected chi connectivity index (χ4v) is 1.30. The monoisotopic (exact) mass is 285 g/mol. The largest absolute Gasteiger partial charge is 0.405 e. The zero-order chi connectivity index (χ0) is 15.2. The number of rotatable bonds is 4. The van der Waals surface area contributed by atoms with Crippen LogP contribution in [0, 0.1) is 11.3 Å². The van der Waals surface area contributed by atoms with Crippen LogP contribution in [0.25, 0.3) is 0 Å². The Hall–Kier alpha value is -2.56. The quantitative estimate of drug-likeness (QED) is 0.864. The highest BCUT2D eigenvalue weighted by Gasteiger charge is 2.27. The van der Waals surface area contributed by atoms with E-state index in [0.717, 1.165) is 0 Å². The van der Waals surface area contributed by atoms with Gasteiger partial charge >= 0.3 is 6.18 Å². The molecule has 0 saturated heterocycles. The molecule has 0 saturated carbocycles. The number of amides is 2. The van der Waals surface area contributed by atoms with Gasteiger partial charge in [0.05, 0.1) is 23.7 Å². The number of nitrogens with one attached hydrogen (secondary N) is 2. The summed E-state index contributed by atoms with van der Waals surface area (Å²) in [6.07, 6.45) is -4.51. The molecule has 0 radical (unpaired) electrons. The minimum atomic E-state index is -4.51. The number of halogens is 3. The summed E-state index contributed by atoms with van der Waals surface area (Å²) < 4.78 is 35.5. The maximum Gasteiger partial charge on any atom is 0.405 e. The van der Waals surface area contributed by atoms with E-state index in [1.165, 1.54) is 18.2 Å². The number of carbonyl (C=O) groups is 2. The number of alkyl halides is 3. The normalized spacial score (nSPS) is 10.5. The van der Waals surface area contributed by atoms with Gasteiger partial charge in [-0.25, -0.2) is 0 Å². The number of carbonyl (C=O) groups excluding carboxylic acids is 2. The predicted octanol–water partition coefficient (Wildman–Crippen LogP) is 0.967. The molecule has 2 N–H and O–H groups in total. The number of nitriles is 1. The molecule has 0 fully saturated rings. The van der Waals surface area contributed by atoms with E-state index in [4.69, 9.17) is 5.26 Å². The van der Waals surface area contributed by atoms with Crippen molar-refractivity contribution in [1.82, 2.24) is 10.6 Å². The topological polar surface area (TPSA) is 82.0 Å². The van der Waals surface area contributed by atoms with Gasteiger partial charge in [-0.2, -0.15) is 18.4 Å². The number of hydrogen-bond donors (Lipinski definition) is 2. The second kappa shape index (κ2) is 6.56. The lowest BCUT2D eigenvalue weighted by molar-refractivity contribution is -0.137. The number of benzene rings is 1. The summed E-state index contributed by atoms with van der Waals surface area (Å²) in [4.78, 5) is 22.8. The van der Waals surface area contributed by atoms with Crippen LogP contribution in [0.3, 0.4) is 0 Å². The fraction of sp³-hybridized carbons (Fsp3) is 0.250. The smallest absolute Gasteiger partial charge is 0.345 e. The first-order valence-corrected chi connectivity index (χ1v) is 5.44. The van der Waals surface area contributed by atoms with E-state index in [1.807, 2.05) is 0 Å². The van der Waals surface area contributed by atoms with Crippen LogP contribution in [-0.4, -0.2) is 31.1 Å². The third-order valence-corrected chi connectivity index (χ3v) is 2.19. The van der Waals surface area contributed by atoms with Gasteiger partial charge in [0.2, 0.25) is 5.91 Å². The van der Waals surface area contributed by atoms with Crippen LogP contribution in [0.2, 0.25) is 0 Å². The van der Waals surface area contributed by atoms with Crippen LogP contribution in [0.1, 0.15) is 15.9 Å². The Labute approximate surface area is 112 Å². The van der Waals surface area contributed by atoms with E-state index in [1.54, 1.807) is 17.5 Å². The zero-order valence-corrected chi connectivity index (χ0v) is 10.1. The molecule has 2 amide bonds. The maximum absolute atomic E-state index is 11.8. The summed E-state index contributed by atoms with van der Waals surface area (Å²) in [5.74, 6) is -1.67. The summed E-state index contributed by atoms with van der Waals surface area (Å²) >= 11 is 0. The van der Waals surface area contributed by atoms with Crippen molar-refractivity contribution in [3.8, 4) is 6.07 Å². The van der Waals surface area contributed by atoms with E-state index in [9.17, 15) is 22.8 Å². The van der Waals surface area contributed by atoms with Crippen LogP contribution in [0.15, 0.2) is 24.3 Å². The van der Waals surface area contributed by atoms with Crippen molar-refractivity contribution in [3.63, 3.8) is 0 Å². The standard InChI is InChI=1S/C12H10F3N3O2/c13-12(14,15)7-18-10(19)6-17-11(20)9-4-2-1-3-8(9)5-16/h1-4H,6-7H2,(H,17,20)(H,18,19). The first-order chi connectivity index (χ1) is 9.33. The van der Waals surface area contributed by atoms with Gasteiger partial charge in [0.1, 0.15) is 6.54 Å². The minimum Gasteiger partial charge on any atom is -0.345 e. The number of hydrogen-bond acceptors (Lipinski definition) is 3. The Balaban J connectivity index is 2.52. The van der Waals surface area contributed by atoms with Gasteiger partial charge in [-0.15, -0.1) is 0 Å². The Morgan fingerprint density at radius 2 is 1.85 bits per heavy atom. The van der Waals surface area contributed by atoms with Crippen molar-refractivity contribution in [2.24, 2.45) is 0 Å². The average Bonchev–Trinajstić information content (AvgIpc) is 2.41. The highest BCUT2D eigenvalue weighted by Crippen LogP contribution is 2.12. The molecule has 0 aliphatic heterocycles. The van der Waals surface area contributed by atoms with Crippen molar-refractivity contribution < 1.29 is 22.8 Å². The lowest BCUT2D eigenvalue weighted by Gasteiger charge is -2.09. The Bertz CT molecular complexity index is 550. The zero-order valence-electron chi connectivity index (χ0n) is 10.1. The fourth-order valence-electron chi connectivity index (χ4n) is 1.30. The van der Waals surface area contributed by atoms with Crippen molar-refractivity contribution in [2.45, 2.75) is 6.18 Å². The molecule has 1 aromatic carbocycles. The Kier molecular flexibility index (Phi) is 5.08. The van der Waals surface area contributed by atoms with Gasteiger partial charge in [-0.3, -0.25) is 9.59 Å². The van der Waals surface area contributed by atoms with E-state index in [0.29, 0.717) is 0 Å². The second-order valence-electron chi connectivity index (χ2n) is 3.73. The van der Waals surface area contributed by atoms with Crippen molar-refractivity contribution in [2.75, 3.05) is 13.1 Å². The SMILES string of the molecule is N#Cc1ccccc1C(=O)NCC(=O)NCC(F)(F)F. The Morgan fingerprint density at radius 3 is 2.45 bits per heavy atom. The summed E-state index contributed by atoms with van der Waals surface area (Å²) in [6, 6.07) is 7.68. The molecule has 5 nitrogen and oxygen atoms in total. The van der Waals surface area contributed by atoms with Crippen molar-refractivity contribution in [3.05, 3.63) is 35.4 Å². The Morgan fingerprint density at radius 1 is 1.20 bits per heavy atom. The average molecular weight is 285 g/mol. The van der Waals surface area contributed by atoms with Crippen LogP contribution in [0.5, 0.6) is 0 Å². The minimum absolute atomic E-state index is 0.0543. The van der Waals surface area contributed by atoms with E-state index in [2.05, 4.69) is 5.32 Å². The van der Waals surface area contributed by atoms with Crippen LogP contribution < -0.4 is 10.6 Å². The van der Waals surface area contributed by atoms with Crippen molar-refractivity contribution in [1.29, 1.82) is 5.26 Å². The first-order valence-electron chi connectivity index (χ1n) is 5.44. The molecular formula is C12H10F3N3O2. The lowest BCUT2D eigenvalue weighted by Crippen LogP contribution is -2.41. The molecular weight excluding hydrogens is 275 g/mol. The molecule has 8 heteroatoms. The molecule has 0 aromatic heterocycles. The number of nitrogens with zero attached hydrogens (tertiary/aromatic N) is 1. The molecule has 0 aliphatic rings. The second-order valence-corrected chi connectivity index (χ2v) is 3.73. The molecule has 0 heterocycles. The maximum atomic E-state index is 11.8. The molecule has 1 aromatic rings. The molecule has 0 aliphatic carbocycles. The van der Waals surface area contributed by atoms with Gasteiger partial charge in [0, 0.05) is 0 Å². The van der Waals surface area contributed by atoms with Gasteiger partial charge in [0.15, 0.2) is 0 Å². The predicted molar refractivity (Wildman–Crippen MR) is 62.6 cm³/mol. The van der Waals surface area contributed by atoms with Gasteiger partial charge in [-0.05, 0) is 12.1 Å². The van der Waals surface area contributed by atoms with Crippen LogP contribution in [-0.2, 0) is 4.79 Å². The summed E-state index contributed by atoms with van der Waals surface area (Å²) in [7, 11) is 0. The van der Waals surface area contributed by atoms with Gasteiger partial charge in [0.25, 0.3) is 5.91 Å². The summed E-state index contributed by atoms with van der Waals surface area (Å²) in [6.45, 7) is -2.06. The summed E-state index contributed by atoms with van der Waals surface area (Å²) in [5, 5.41) is 12.5. The highest BCUT2D eigenvalue weighted by molar-refractivity contribution is 5.98. The first kappa shape index (κ1) is 15.5. The van der Waals surface area contributed by atoms with E-state index >= 15 is 0 Å².